The van der Waals surface area contributed by atoms with E-state index in [1.54, 1.807) is 0 Å². The van der Waals surface area contributed by atoms with Gasteiger partial charge < -0.3 is 0 Å². The van der Waals surface area contributed by atoms with Crippen molar-refractivity contribution in [3.63, 3.8) is 0 Å². The van der Waals surface area contributed by atoms with Crippen LogP contribution in [0, 0.1) is 5.92 Å². The molecule has 0 bridgehead atoms. The molecule has 0 fully saturated rings. The van der Waals surface area contributed by atoms with E-state index in [0.717, 1.165) is 23.2 Å². The molecule has 1 unspecified atom stereocenters. The molecule has 0 saturated heterocycles. The van der Waals surface area contributed by atoms with Gasteiger partial charge in [0.15, 0.2) is 0 Å². The van der Waals surface area contributed by atoms with Crippen molar-refractivity contribution in [2.45, 2.75) is 37.9 Å². The number of aryl methyl sites for hydroxylation is 1. The minimum Gasteiger partial charge on any atom is -0.260 e. The van der Waals surface area contributed by atoms with Gasteiger partial charge >= 0.3 is 0 Å². The van der Waals surface area contributed by atoms with E-state index in [1.165, 1.54) is 12.1 Å². The third-order valence-electron chi connectivity index (χ3n) is 2.23. The second-order valence-corrected chi connectivity index (χ2v) is 6.44. The molecule has 0 radical (unpaired) electrons. The zero-order valence-corrected chi connectivity index (χ0v) is 12.4. The normalized spacial score (nSPS) is 13.1. The van der Waals surface area contributed by atoms with Crippen LogP contribution in [0.25, 0.3) is 0 Å². The van der Waals surface area contributed by atoms with Crippen LogP contribution in [-0.4, -0.2) is 9.81 Å². The number of alkyl halides is 1. The number of rotatable bonds is 5. The Morgan fingerprint density at radius 3 is 2.60 bits per heavy atom. The second-order valence-electron chi connectivity index (χ2n) is 4.23. The largest absolute Gasteiger partial charge is 0.260 e. The predicted molar refractivity (Wildman–Crippen MR) is 72.4 cm³/mol. The van der Waals surface area contributed by atoms with Crippen molar-refractivity contribution in [2.24, 2.45) is 5.92 Å². The summed E-state index contributed by atoms with van der Waals surface area (Å²) in [5.74, 6) is 0.757. The molecule has 1 rings (SSSR count). The average Bonchev–Trinajstić information content (AvgIpc) is 2.16. The Morgan fingerprint density at radius 1 is 1.33 bits per heavy atom. The molecule has 3 heteroatoms. The second kappa shape index (κ2) is 6.64. The van der Waals surface area contributed by atoms with Crippen molar-refractivity contribution < 1.29 is 0 Å². The summed E-state index contributed by atoms with van der Waals surface area (Å²) in [5.41, 5.74) is 1.17. The first-order chi connectivity index (χ1) is 7.08. The molecule has 0 spiro atoms. The van der Waals surface area contributed by atoms with Crippen molar-refractivity contribution in [3.05, 3.63) is 28.5 Å². The van der Waals surface area contributed by atoms with Crippen LogP contribution in [-0.2, 0) is 6.42 Å². The number of hydrogen-bond acceptors (Lipinski definition) is 1. The van der Waals surface area contributed by atoms with E-state index in [0.29, 0.717) is 4.83 Å². The Balaban J connectivity index is 2.33. The first-order valence-electron chi connectivity index (χ1n) is 5.32. The summed E-state index contributed by atoms with van der Waals surface area (Å²) in [6, 6.07) is 4.13. The third kappa shape index (κ3) is 5.67. The van der Waals surface area contributed by atoms with E-state index in [4.69, 9.17) is 0 Å². The van der Waals surface area contributed by atoms with E-state index in [9.17, 15) is 0 Å². The summed E-state index contributed by atoms with van der Waals surface area (Å²) in [4.78, 5) is 4.98. The third-order valence-corrected chi connectivity index (χ3v) is 3.53. The molecule has 0 aromatic carbocycles. The van der Waals surface area contributed by atoms with Gasteiger partial charge in [-0.3, -0.25) is 4.98 Å². The van der Waals surface area contributed by atoms with Gasteiger partial charge in [0, 0.05) is 21.2 Å². The number of halogens is 2. The number of nitrogens with zero attached hydrogens (tertiary/aromatic N) is 1. The van der Waals surface area contributed by atoms with Gasteiger partial charge in [-0.25, -0.2) is 0 Å². The maximum Gasteiger partial charge on any atom is 0.0413 e. The van der Waals surface area contributed by atoms with Gasteiger partial charge in [0.05, 0.1) is 0 Å². The number of aromatic nitrogens is 1. The zero-order chi connectivity index (χ0) is 11.3. The van der Waals surface area contributed by atoms with Gasteiger partial charge in [0.25, 0.3) is 0 Å². The van der Waals surface area contributed by atoms with Crippen LogP contribution in [0.2, 0.25) is 0 Å². The molecule has 15 heavy (non-hydrogen) atoms. The average molecular weight is 335 g/mol. The Morgan fingerprint density at radius 2 is 2.07 bits per heavy atom. The summed E-state index contributed by atoms with van der Waals surface area (Å²) in [6.45, 7) is 4.51. The van der Waals surface area contributed by atoms with Crippen molar-refractivity contribution >= 4 is 31.9 Å². The van der Waals surface area contributed by atoms with Gasteiger partial charge in [-0.1, -0.05) is 29.8 Å². The molecule has 0 N–H and O–H groups in total. The fourth-order valence-corrected chi connectivity index (χ4v) is 2.70. The molecule has 1 aromatic rings. The molecule has 1 aromatic heterocycles. The van der Waals surface area contributed by atoms with Crippen LogP contribution >= 0.6 is 31.9 Å². The molecule has 1 heterocycles. The maximum atomic E-state index is 4.36. The maximum absolute atomic E-state index is 4.36. The van der Waals surface area contributed by atoms with Crippen LogP contribution in [0.4, 0.5) is 0 Å². The fourth-order valence-electron chi connectivity index (χ4n) is 1.49. The highest BCUT2D eigenvalue weighted by molar-refractivity contribution is 9.10. The highest BCUT2D eigenvalue weighted by Crippen LogP contribution is 2.18. The Hall–Kier alpha value is 0.110. The lowest BCUT2D eigenvalue weighted by molar-refractivity contribution is 0.553. The van der Waals surface area contributed by atoms with Crippen LogP contribution in [0.3, 0.4) is 0 Å². The molecule has 0 aliphatic rings. The van der Waals surface area contributed by atoms with Gasteiger partial charge in [-0.15, -0.1) is 0 Å². The molecular weight excluding hydrogens is 318 g/mol. The SMILES string of the molecule is CC(C)CC(Br)CCc1ccc(Br)cn1. The highest BCUT2D eigenvalue weighted by atomic mass is 79.9. The van der Waals surface area contributed by atoms with Gasteiger partial charge in [-0.05, 0) is 53.2 Å². The predicted octanol–water partition coefficient (Wildman–Crippen LogP) is 4.59. The Labute approximate surface area is 109 Å². The molecule has 0 aliphatic heterocycles. The molecule has 0 amide bonds. The van der Waals surface area contributed by atoms with Crippen LogP contribution < -0.4 is 0 Å². The van der Waals surface area contributed by atoms with Gasteiger partial charge in [-0.2, -0.15) is 0 Å². The van der Waals surface area contributed by atoms with Gasteiger partial charge in [0.2, 0.25) is 0 Å². The van der Waals surface area contributed by atoms with E-state index < -0.39 is 0 Å². The molecule has 1 atom stereocenters. The number of pyridine rings is 1. The summed E-state index contributed by atoms with van der Waals surface area (Å²) < 4.78 is 1.05. The van der Waals surface area contributed by atoms with E-state index in [2.05, 4.69) is 56.8 Å². The van der Waals surface area contributed by atoms with Crippen molar-refractivity contribution in [1.82, 2.24) is 4.98 Å². The van der Waals surface area contributed by atoms with Crippen molar-refractivity contribution in [2.75, 3.05) is 0 Å². The van der Waals surface area contributed by atoms with Crippen molar-refractivity contribution in [1.29, 1.82) is 0 Å². The lowest BCUT2D eigenvalue weighted by Gasteiger charge is -2.11. The fraction of sp³-hybridized carbons (Fsp3) is 0.583. The lowest BCUT2D eigenvalue weighted by Crippen LogP contribution is -2.05. The molecule has 0 aliphatic carbocycles. The molecule has 1 nitrogen and oxygen atoms in total. The van der Waals surface area contributed by atoms with Crippen LogP contribution in [0.1, 0.15) is 32.4 Å². The Kier molecular flexibility index (Phi) is 5.83. The molecular formula is C12H17Br2N. The van der Waals surface area contributed by atoms with Gasteiger partial charge in [0.1, 0.15) is 0 Å². The van der Waals surface area contributed by atoms with Crippen LogP contribution in [0.5, 0.6) is 0 Å². The lowest BCUT2D eigenvalue weighted by atomic mass is 10.0. The first-order valence-corrected chi connectivity index (χ1v) is 7.03. The minimum atomic E-state index is 0.614. The summed E-state index contributed by atoms with van der Waals surface area (Å²) in [5, 5.41) is 0. The summed E-state index contributed by atoms with van der Waals surface area (Å²) >= 11 is 7.10. The van der Waals surface area contributed by atoms with E-state index >= 15 is 0 Å². The van der Waals surface area contributed by atoms with Crippen molar-refractivity contribution in [3.8, 4) is 0 Å². The van der Waals surface area contributed by atoms with E-state index in [1.807, 2.05) is 12.3 Å². The highest BCUT2D eigenvalue weighted by Gasteiger charge is 2.07. The zero-order valence-electron chi connectivity index (χ0n) is 9.21. The number of hydrogen-bond donors (Lipinski definition) is 0. The summed E-state index contributed by atoms with van der Waals surface area (Å²) in [6.07, 6.45) is 5.31. The van der Waals surface area contributed by atoms with Crippen LogP contribution in [0.15, 0.2) is 22.8 Å². The monoisotopic (exact) mass is 333 g/mol. The standard InChI is InChI=1S/C12H17Br2N/c1-9(2)7-10(13)3-5-12-6-4-11(14)8-15-12/h4,6,8-10H,3,5,7H2,1-2H3. The minimum absolute atomic E-state index is 0.614. The Bertz CT molecular complexity index is 282. The molecule has 84 valence electrons. The topological polar surface area (TPSA) is 12.9 Å². The molecule has 0 saturated carbocycles. The van der Waals surface area contributed by atoms with E-state index in [-0.39, 0.29) is 0 Å². The smallest absolute Gasteiger partial charge is 0.0413 e. The first kappa shape index (κ1) is 13.2. The quantitative estimate of drug-likeness (QED) is 0.718. The summed E-state index contributed by atoms with van der Waals surface area (Å²) in [7, 11) is 0.